The first kappa shape index (κ1) is 15.8. The van der Waals surface area contributed by atoms with Crippen molar-refractivity contribution in [3.05, 3.63) is 29.4 Å². The summed E-state index contributed by atoms with van der Waals surface area (Å²) >= 11 is 6.04. The van der Waals surface area contributed by atoms with E-state index in [9.17, 15) is 0 Å². The number of hydrogen-bond donors (Lipinski definition) is 1. The summed E-state index contributed by atoms with van der Waals surface area (Å²) in [6.45, 7) is 3.87. The predicted octanol–water partition coefficient (Wildman–Crippen LogP) is 2.03. The van der Waals surface area contributed by atoms with Crippen molar-refractivity contribution >= 4 is 29.1 Å². The number of hydrogen-bond acceptors (Lipinski definition) is 7. The minimum absolute atomic E-state index is 0.419. The van der Waals surface area contributed by atoms with E-state index in [0.29, 0.717) is 22.4 Å². The second-order valence-corrected chi connectivity index (χ2v) is 5.83. The number of halogens is 1. The topological polar surface area (TPSA) is 66.4 Å². The molecule has 3 rings (SSSR count). The third-order valence-corrected chi connectivity index (χ3v) is 4.02. The average molecular weight is 335 g/mol. The SMILES string of the molecule is COc1ccc(Cl)cc1Nc1nncc(N2CCN(C)CC2)n1. The molecule has 1 aliphatic heterocycles. The van der Waals surface area contributed by atoms with Gasteiger partial charge in [0.1, 0.15) is 5.75 Å². The molecule has 1 aromatic heterocycles. The van der Waals surface area contributed by atoms with Crippen LogP contribution in [-0.2, 0) is 0 Å². The molecule has 0 amide bonds. The van der Waals surface area contributed by atoms with Crippen molar-refractivity contribution in [1.29, 1.82) is 0 Å². The number of rotatable bonds is 4. The predicted molar refractivity (Wildman–Crippen MR) is 90.8 cm³/mol. The Kier molecular flexibility index (Phi) is 4.78. The normalized spacial score (nSPS) is 15.5. The van der Waals surface area contributed by atoms with Crippen LogP contribution in [0.25, 0.3) is 0 Å². The van der Waals surface area contributed by atoms with Crippen LogP contribution in [0.4, 0.5) is 17.5 Å². The molecule has 1 N–H and O–H groups in total. The fourth-order valence-electron chi connectivity index (χ4n) is 2.43. The van der Waals surface area contributed by atoms with Gasteiger partial charge in [0.25, 0.3) is 0 Å². The van der Waals surface area contributed by atoms with Gasteiger partial charge < -0.3 is 19.9 Å². The van der Waals surface area contributed by atoms with Crippen molar-refractivity contribution < 1.29 is 4.74 Å². The third-order valence-electron chi connectivity index (χ3n) is 3.78. The number of likely N-dealkylation sites (N-methyl/N-ethyl adjacent to an activating group) is 1. The van der Waals surface area contributed by atoms with E-state index in [-0.39, 0.29) is 0 Å². The summed E-state index contributed by atoms with van der Waals surface area (Å²) in [5, 5.41) is 11.8. The van der Waals surface area contributed by atoms with Crippen molar-refractivity contribution in [3.63, 3.8) is 0 Å². The minimum atomic E-state index is 0.419. The van der Waals surface area contributed by atoms with E-state index in [1.165, 1.54) is 0 Å². The highest BCUT2D eigenvalue weighted by molar-refractivity contribution is 6.30. The van der Waals surface area contributed by atoms with E-state index < -0.39 is 0 Å². The highest BCUT2D eigenvalue weighted by Crippen LogP contribution is 2.29. The maximum Gasteiger partial charge on any atom is 0.249 e. The minimum Gasteiger partial charge on any atom is -0.495 e. The van der Waals surface area contributed by atoms with Crippen molar-refractivity contribution in [2.75, 3.05) is 50.6 Å². The zero-order valence-electron chi connectivity index (χ0n) is 13.2. The zero-order valence-corrected chi connectivity index (χ0v) is 13.9. The Hall–Kier alpha value is -2.12. The summed E-state index contributed by atoms with van der Waals surface area (Å²) in [6, 6.07) is 5.33. The molecule has 1 aromatic carbocycles. The van der Waals surface area contributed by atoms with Crippen LogP contribution in [0.1, 0.15) is 0 Å². The molecule has 2 aromatic rings. The van der Waals surface area contributed by atoms with Gasteiger partial charge in [-0.25, -0.2) is 0 Å². The van der Waals surface area contributed by atoms with Gasteiger partial charge in [0.2, 0.25) is 5.95 Å². The number of piperazine rings is 1. The second-order valence-electron chi connectivity index (χ2n) is 5.40. The van der Waals surface area contributed by atoms with Gasteiger partial charge in [0.05, 0.1) is 19.0 Å². The van der Waals surface area contributed by atoms with Gasteiger partial charge in [-0.05, 0) is 25.2 Å². The molecule has 0 aliphatic carbocycles. The summed E-state index contributed by atoms with van der Waals surface area (Å²) in [4.78, 5) is 9.04. The molecule has 0 spiro atoms. The second kappa shape index (κ2) is 6.97. The largest absolute Gasteiger partial charge is 0.495 e. The van der Waals surface area contributed by atoms with E-state index in [1.807, 2.05) is 0 Å². The Morgan fingerprint density at radius 2 is 2.00 bits per heavy atom. The van der Waals surface area contributed by atoms with Gasteiger partial charge in [-0.1, -0.05) is 11.6 Å². The van der Waals surface area contributed by atoms with Gasteiger partial charge in [-0.2, -0.15) is 10.1 Å². The molecule has 0 atom stereocenters. The molecule has 0 saturated carbocycles. The van der Waals surface area contributed by atoms with Gasteiger partial charge in [-0.3, -0.25) is 0 Å². The maximum atomic E-state index is 6.04. The molecule has 1 saturated heterocycles. The van der Waals surface area contributed by atoms with Gasteiger partial charge >= 0.3 is 0 Å². The van der Waals surface area contributed by atoms with Crippen LogP contribution in [0.15, 0.2) is 24.4 Å². The molecule has 23 heavy (non-hydrogen) atoms. The molecule has 8 heteroatoms. The Morgan fingerprint density at radius 1 is 1.22 bits per heavy atom. The summed E-state index contributed by atoms with van der Waals surface area (Å²) in [5.41, 5.74) is 0.706. The molecule has 2 heterocycles. The lowest BCUT2D eigenvalue weighted by Crippen LogP contribution is -2.44. The molecule has 1 fully saturated rings. The number of nitrogens with zero attached hydrogens (tertiary/aromatic N) is 5. The lowest BCUT2D eigenvalue weighted by atomic mass is 10.3. The van der Waals surface area contributed by atoms with Crippen LogP contribution in [0.5, 0.6) is 5.75 Å². The number of methoxy groups -OCH3 is 1. The fourth-order valence-corrected chi connectivity index (χ4v) is 2.61. The zero-order chi connectivity index (χ0) is 16.2. The standard InChI is InChI=1S/C15H19ClN6O/c1-21-5-7-22(8-6-21)14-10-17-20-15(19-14)18-12-9-11(16)3-4-13(12)23-2/h3-4,9-10H,5-8H2,1-2H3,(H,18,19,20). The van der Waals surface area contributed by atoms with E-state index in [4.69, 9.17) is 16.3 Å². The van der Waals surface area contributed by atoms with Crippen LogP contribution in [0, 0.1) is 0 Å². The number of nitrogens with one attached hydrogen (secondary N) is 1. The monoisotopic (exact) mass is 334 g/mol. The maximum absolute atomic E-state index is 6.04. The number of benzene rings is 1. The van der Waals surface area contributed by atoms with Gasteiger partial charge in [0, 0.05) is 31.2 Å². The Balaban J connectivity index is 1.79. The number of ether oxygens (including phenoxy) is 1. The smallest absolute Gasteiger partial charge is 0.249 e. The molecule has 0 radical (unpaired) electrons. The fraction of sp³-hybridized carbons (Fsp3) is 0.400. The molecule has 122 valence electrons. The van der Waals surface area contributed by atoms with Crippen LogP contribution < -0.4 is 15.0 Å². The van der Waals surface area contributed by atoms with Gasteiger partial charge in [-0.15, -0.1) is 5.10 Å². The molecular formula is C15H19ClN6O. The van der Waals surface area contributed by atoms with Crippen molar-refractivity contribution in [1.82, 2.24) is 20.1 Å². The quantitative estimate of drug-likeness (QED) is 0.917. The summed E-state index contributed by atoms with van der Waals surface area (Å²) < 4.78 is 5.32. The molecule has 0 unspecified atom stereocenters. The summed E-state index contributed by atoms with van der Waals surface area (Å²) in [6.07, 6.45) is 1.69. The third kappa shape index (κ3) is 3.80. The molecule has 1 aliphatic rings. The molecular weight excluding hydrogens is 316 g/mol. The van der Waals surface area contributed by atoms with E-state index in [2.05, 4.69) is 37.3 Å². The number of aromatic nitrogens is 3. The Bertz CT molecular complexity index is 675. The first-order valence-corrected chi connectivity index (χ1v) is 7.77. The van der Waals surface area contributed by atoms with Crippen LogP contribution >= 0.6 is 11.6 Å². The first-order chi connectivity index (χ1) is 11.2. The summed E-state index contributed by atoms with van der Waals surface area (Å²) in [5.74, 6) is 1.90. The van der Waals surface area contributed by atoms with E-state index in [0.717, 1.165) is 32.0 Å². The van der Waals surface area contributed by atoms with Crippen molar-refractivity contribution in [2.45, 2.75) is 0 Å². The Labute approximate surface area is 140 Å². The van der Waals surface area contributed by atoms with Gasteiger partial charge in [0.15, 0.2) is 5.82 Å². The van der Waals surface area contributed by atoms with Crippen LogP contribution in [0.2, 0.25) is 5.02 Å². The lowest BCUT2D eigenvalue weighted by molar-refractivity contribution is 0.312. The van der Waals surface area contributed by atoms with E-state index in [1.54, 1.807) is 31.5 Å². The van der Waals surface area contributed by atoms with Crippen molar-refractivity contribution in [2.24, 2.45) is 0 Å². The summed E-state index contributed by atoms with van der Waals surface area (Å²) in [7, 11) is 3.72. The highest BCUT2D eigenvalue weighted by atomic mass is 35.5. The molecule has 0 bridgehead atoms. The average Bonchev–Trinajstić information content (AvgIpc) is 2.56. The Morgan fingerprint density at radius 3 is 2.74 bits per heavy atom. The van der Waals surface area contributed by atoms with Crippen molar-refractivity contribution in [3.8, 4) is 5.75 Å². The highest BCUT2D eigenvalue weighted by Gasteiger charge is 2.16. The lowest BCUT2D eigenvalue weighted by Gasteiger charge is -2.32. The van der Waals surface area contributed by atoms with E-state index >= 15 is 0 Å². The number of anilines is 3. The van der Waals surface area contributed by atoms with Crippen LogP contribution in [0.3, 0.4) is 0 Å². The van der Waals surface area contributed by atoms with Crippen LogP contribution in [-0.4, -0.2) is 60.4 Å². The molecule has 7 nitrogen and oxygen atoms in total. The first-order valence-electron chi connectivity index (χ1n) is 7.39.